The third kappa shape index (κ3) is 3.01. The highest BCUT2D eigenvalue weighted by Gasteiger charge is 2.42. The van der Waals surface area contributed by atoms with Crippen LogP contribution in [0.4, 0.5) is 8.78 Å². The molecular weight excluding hydrogens is 240 g/mol. The van der Waals surface area contributed by atoms with Crippen LogP contribution in [-0.4, -0.2) is 29.4 Å². The summed E-state index contributed by atoms with van der Waals surface area (Å²) in [5.41, 5.74) is 1.71. The molecule has 1 amide bonds. The van der Waals surface area contributed by atoms with Crippen LogP contribution in [0.1, 0.15) is 17.7 Å². The summed E-state index contributed by atoms with van der Waals surface area (Å²) >= 11 is 0. The second kappa shape index (κ2) is 4.97. The van der Waals surface area contributed by atoms with E-state index in [4.69, 9.17) is 0 Å². The van der Waals surface area contributed by atoms with Crippen LogP contribution < -0.4 is 10.6 Å². The Labute approximate surface area is 104 Å². The molecule has 6 heteroatoms. The van der Waals surface area contributed by atoms with Gasteiger partial charge < -0.3 is 5.32 Å². The number of hydrogen-bond donors (Lipinski definition) is 2. The summed E-state index contributed by atoms with van der Waals surface area (Å²) < 4.78 is 25.9. The fourth-order valence-electron chi connectivity index (χ4n) is 1.90. The van der Waals surface area contributed by atoms with E-state index in [1.807, 2.05) is 13.0 Å². The van der Waals surface area contributed by atoms with E-state index in [-0.39, 0.29) is 6.54 Å². The quantitative estimate of drug-likeness (QED) is 0.847. The molecule has 1 unspecified atom stereocenters. The maximum Gasteiger partial charge on any atom is 0.262 e. The van der Waals surface area contributed by atoms with Crippen LogP contribution in [0.5, 0.6) is 0 Å². The van der Waals surface area contributed by atoms with Crippen molar-refractivity contribution in [3.8, 4) is 0 Å². The van der Waals surface area contributed by atoms with Gasteiger partial charge in [-0.15, -0.1) is 0 Å². The zero-order valence-electron chi connectivity index (χ0n) is 10.0. The second-order valence-electron chi connectivity index (χ2n) is 4.48. The molecule has 0 aromatic carbocycles. The molecule has 4 nitrogen and oxygen atoms in total. The van der Waals surface area contributed by atoms with E-state index < -0.39 is 30.8 Å². The molecule has 1 aliphatic rings. The predicted molar refractivity (Wildman–Crippen MR) is 62.2 cm³/mol. The Hall–Kier alpha value is -1.56. The number of hydrogen-bond acceptors (Lipinski definition) is 3. The van der Waals surface area contributed by atoms with Crippen molar-refractivity contribution in [2.24, 2.45) is 0 Å². The highest BCUT2D eigenvalue weighted by Crippen LogP contribution is 2.25. The number of rotatable bonds is 3. The van der Waals surface area contributed by atoms with Crippen LogP contribution in [0, 0.1) is 6.92 Å². The molecule has 0 spiro atoms. The molecule has 2 heterocycles. The number of aromatic nitrogens is 1. The van der Waals surface area contributed by atoms with Gasteiger partial charge in [0.05, 0.1) is 24.8 Å². The molecule has 0 aliphatic carbocycles. The molecule has 0 saturated carbocycles. The fourth-order valence-corrected chi connectivity index (χ4v) is 1.90. The van der Waals surface area contributed by atoms with Crippen LogP contribution in [-0.2, 0) is 11.3 Å². The third-order valence-electron chi connectivity index (χ3n) is 2.97. The summed E-state index contributed by atoms with van der Waals surface area (Å²) in [5, 5.41) is 5.14. The smallest absolute Gasteiger partial charge is 0.262 e. The number of pyridine rings is 1. The van der Waals surface area contributed by atoms with Crippen LogP contribution in [0.2, 0.25) is 0 Å². The van der Waals surface area contributed by atoms with Crippen molar-refractivity contribution in [3.63, 3.8) is 0 Å². The largest absolute Gasteiger partial charge is 0.349 e. The summed E-state index contributed by atoms with van der Waals surface area (Å²) in [6.45, 7) is 1.71. The molecule has 1 atom stereocenters. The first-order valence-electron chi connectivity index (χ1n) is 5.77. The van der Waals surface area contributed by atoms with E-state index >= 15 is 0 Å². The standard InChI is InChI=1S/C12H15F2N3O/c1-8-3-2-4-15-10(8)6-16-11(18)9-5-12(13,14)7-17-9/h2-4,9,17H,5-7H2,1H3,(H,16,18). The number of nitrogens with zero attached hydrogens (tertiary/aromatic N) is 1. The lowest BCUT2D eigenvalue weighted by Gasteiger charge is -2.11. The summed E-state index contributed by atoms with van der Waals surface area (Å²) in [7, 11) is 0. The molecule has 1 saturated heterocycles. The van der Waals surface area contributed by atoms with Gasteiger partial charge in [0.25, 0.3) is 5.92 Å². The van der Waals surface area contributed by atoms with E-state index in [2.05, 4.69) is 15.6 Å². The van der Waals surface area contributed by atoms with Crippen molar-refractivity contribution in [3.05, 3.63) is 29.6 Å². The van der Waals surface area contributed by atoms with Crippen LogP contribution >= 0.6 is 0 Å². The Morgan fingerprint density at radius 3 is 3.06 bits per heavy atom. The summed E-state index contributed by atoms with van der Waals surface area (Å²) in [6.07, 6.45) is 1.19. The zero-order valence-corrected chi connectivity index (χ0v) is 10.0. The van der Waals surface area contributed by atoms with Gasteiger partial charge in [-0.2, -0.15) is 0 Å². The number of amides is 1. The third-order valence-corrected chi connectivity index (χ3v) is 2.97. The van der Waals surface area contributed by atoms with E-state index in [0.717, 1.165) is 11.3 Å². The van der Waals surface area contributed by atoms with Crippen molar-refractivity contribution < 1.29 is 13.6 Å². The minimum atomic E-state index is -2.79. The predicted octanol–water partition coefficient (Wildman–Crippen LogP) is 1.00. The van der Waals surface area contributed by atoms with Gasteiger partial charge in [-0.05, 0) is 18.6 Å². The van der Waals surface area contributed by atoms with Crippen LogP contribution in [0.15, 0.2) is 18.3 Å². The summed E-state index contributed by atoms with van der Waals surface area (Å²) in [5.74, 6) is -3.19. The molecule has 18 heavy (non-hydrogen) atoms. The number of carbonyl (C=O) groups excluding carboxylic acids is 1. The molecule has 0 radical (unpaired) electrons. The SMILES string of the molecule is Cc1cccnc1CNC(=O)C1CC(F)(F)CN1. The van der Waals surface area contributed by atoms with E-state index in [1.54, 1.807) is 12.3 Å². The van der Waals surface area contributed by atoms with Gasteiger partial charge >= 0.3 is 0 Å². The van der Waals surface area contributed by atoms with Gasteiger partial charge in [-0.3, -0.25) is 15.1 Å². The maximum atomic E-state index is 12.9. The number of carbonyl (C=O) groups is 1. The Morgan fingerprint density at radius 1 is 1.67 bits per heavy atom. The van der Waals surface area contributed by atoms with Gasteiger partial charge in [0.15, 0.2) is 0 Å². The minimum Gasteiger partial charge on any atom is -0.349 e. The first-order valence-corrected chi connectivity index (χ1v) is 5.77. The van der Waals surface area contributed by atoms with Crippen LogP contribution in [0.3, 0.4) is 0 Å². The summed E-state index contributed by atoms with van der Waals surface area (Å²) in [6, 6.07) is 2.87. The van der Waals surface area contributed by atoms with Crippen molar-refractivity contribution in [1.82, 2.24) is 15.6 Å². The Kier molecular flexibility index (Phi) is 3.56. The monoisotopic (exact) mass is 255 g/mol. The molecular formula is C12H15F2N3O. The van der Waals surface area contributed by atoms with Gasteiger partial charge in [0.2, 0.25) is 5.91 Å². The zero-order chi connectivity index (χ0) is 13.2. The molecule has 2 N–H and O–H groups in total. The Bertz CT molecular complexity index is 451. The first-order chi connectivity index (χ1) is 8.48. The van der Waals surface area contributed by atoms with Crippen LogP contribution in [0.25, 0.3) is 0 Å². The van der Waals surface area contributed by atoms with Gasteiger partial charge in [-0.25, -0.2) is 8.78 Å². The lowest BCUT2D eigenvalue weighted by molar-refractivity contribution is -0.123. The van der Waals surface area contributed by atoms with Crippen molar-refractivity contribution in [1.29, 1.82) is 0 Å². The van der Waals surface area contributed by atoms with E-state index in [9.17, 15) is 13.6 Å². The van der Waals surface area contributed by atoms with Crippen molar-refractivity contribution >= 4 is 5.91 Å². The molecule has 1 aromatic heterocycles. The van der Waals surface area contributed by atoms with Gasteiger partial charge in [0.1, 0.15) is 0 Å². The van der Waals surface area contributed by atoms with Crippen molar-refractivity contribution in [2.45, 2.75) is 31.9 Å². The number of halogens is 2. The number of aryl methyl sites for hydroxylation is 1. The first kappa shape index (κ1) is 12.9. The van der Waals surface area contributed by atoms with Gasteiger partial charge in [-0.1, -0.05) is 6.07 Å². The van der Waals surface area contributed by atoms with Crippen molar-refractivity contribution in [2.75, 3.05) is 6.54 Å². The average Bonchev–Trinajstić information content (AvgIpc) is 2.68. The van der Waals surface area contributed by atoms with Gasteiger partial charge in [0, 0.05) is 12.6 Å². The summed E-state index contributed by atoms with van der Waals surface area (Å²) in [4.78, 5) is 15.8. The normalized spacial score (nSPS) is 21.8. The number of nitrogens with one attached hydrogen (secondary N) is 2. The molecule has 2 rings (SSSR count). The Balaban J connectivity index is 1.88. The lowest BCUT2D eigenvalue weighted by Crippen LogP contribution is -2.40. The highest BCUT2D eigenvalue weighted by atomic mass is 19.3. The molecule has 1 fully saturated rings. The minimum absolute atomic E-state index is 0.259. The lowest BCUT2D eigenvalue weighted by atomic mass is 10.1. The second-order valence-corrected chi connectivity index (χ2v) is 4.48. The highest BCUT2D eigenvalue weighted by molar-refractivity contribution is 5.82. The average molecular weight is 255 g/mol. The Morgan fingerprint density at radius 2 is 2.44 bits per heavy atom. The topological polar surface area (TPSA) is 54.0 Å². The van der Waals surface area contributed by atoms with E-state index in [1.165, 1.54) is 0 Å². The maximum absolute atomic E-state index is 12.9. The molecule has 1 aliphatic heterocycles. The molecule has 1 aromatic rings. The molecule has 98 valence electrons. The fraction of sp³-hybridized carbons (Fsp3) is 0.500. The molecule has 0 bridgehead atoms. The number of alkyl halides is 2. The van der Waals surface area contributed by atoms with E-state index in [0.29, 0.717) is 0 Å².